The van der Waals surface area contributed by atoms with Crippen LogP contribution in [-0.2, 0) is 18.0 Å². The van der Waals surface area contributed by atoms with Gasteiger partial charge in [0.1, 0.15) is 0 Å². The maximum Gasteiger partial charge on any atom is 0.416 e. The van der Waals surface area contributed by atoms with Crippen LogP contribution in [0.15, 0.2) is 42.7 Å². The van der Waals surface area contributed by atoms with Crippen molar-refractivity contribution in [3.8, 4) is 0 Å². The maximum absolute atomic E-state index is 12.8. The molecule has 1 aromatic carbocycles. The summed E-state index contributed by atoms with van der Waals surface area (Å²) < 4.78 is 40.2. The Morgan fingerprint density at radius 2 is 1.92 bits per heavy atom. The van der Waals surface area contributed by atoms with Crippen LogP contribution >= 0.6 is 0 Å². The lowest BCUT2D eigenvalue weighted by Crippen LogP contribution is -2.48. The van der Waals surface area contributed by atoms with Crippen LogP contribution in [0.2, 0.25) is 0 Å². The van der Waals surface area contributed by atoms with Crippen molar-refractivity contribution in [2.45, 2.75) is 6.18 Å². The van der Waals surface area contributed by atoms with Crippen molar-refractivity contribution in [1.29, 1.82) is 0 Å². The van der Waals surface area contributed by atoms with Crippen molar-refractivity contribution >= 4 is 17.7 Å². The third-order valence-electron chi connectivity index (χ3n) is 4.27. The molecule has 0 atom stereocenters. The van der Waals surface area contributed by atoms with E-state index in [1.807, 2.05) is 4.90 Å². The summed E-state index contributed by atoms with van der Waals surface area (Å²) in [5.74, 6) is -0.113. The molecule has 1 aliphatic rings. The van der Waals surface area contributed by atoms with Gasteiger partial charge in [0.15, 0.2) is 0 Å². The van der Waals surface area contributed by atoms with Gasteiger partial charge in [-0.05, 0) is 24.3 Å². The van der Waals surface area contributed by atoms with Crippen LogP contribution in [0.5, 0.6) is 0 Å². The second-order valence-electron chi connectivity index (χ2n) is 6.14. The minimum absolute atomic E-state index is 0.113. The Morgan fingerprint density at radius 1 is 1.19 bits per heavy atom. The van der Waals surface area contributed by atoms with Gasteiger partial charge in [-0.15, -0.1) is 0 Å². The molecule has 0 saturated carbocycles. The number of benzene rings is 1. The number of anilines is 1. The topological polar surface area (TPSA) is 41.4 Å². The van der Waals surface area contributed by atoms with E-state index >= 15 is 0 Å². The molecule has 1 aliphatic heterocycles. The summed E-state index contributed by atoms with van der Waals surface area (Å²) in [4.78, 5) is 15.8. The highest BCUT2D eigenvalue weighted by Gasteiger charge is 2.31. The summed E-state index contributed by atoms with van der Waals surface area (Å²) in [5.41, 5.74) is 0.703. The number of aromatic nitrogens is 2. The number of carbonyl (C=O) groups excluding carboxylic acids is 1. The largest absolute Gasteiger partial charge is 0.416 e. The van der Waals surface area contributed by atoms with Crippen molar-refractivity contribution < 1.29 is 18.0 Å². The fourth-order valence-electron chi connectivity index (χ4n) is 2.86. The fourth-order valence-corrected chi connectivity index (χ4v) is 2.86. The van der Waals surface area contributed by atoms with Gasteiger partial charge < -0.3 is 9.80 Å². The molecule has 0 radical (unpaired) electrons. The molecule has 3 rings (SSSR count). The van der Waals surface area contributed by atoms with E-state index in [0.29, 0.717) is 31.9 Å². The van der Waals surface area contributed by atoms with E-state index in [2.05, 4.69) is 5.10 Å². The number of hydrogen-bond donors (Lipinski definition) is 0. The summed E-state index contributed by atoms with van der Waals surface area (Å²) in [6.07, 6.45) is 2.31. The molecule has 5 nitrogen and oxygen atoms in total. The number of hydrogen-bond acceptors (Lipinski definition) is 3. The first-order chi connectivity index (χ1) is 12.3. The van der Waals surface area contributed by atoms with Gasteiger partial charge in [0, 0.05) is 56.8 Å². The fraction of sp³-hybridized carbons (Fsp3) is 0.333. The molecule has 0 N–H and O–H groups in total. The Morgan fingerprint density at radius 3 is 2.54 bits per heavy atom. The Labute approximate surface area is 149 Å². The molecule has 26 heavy (non-hydrogen) atoms. The number of piperazine rings is 1. The average molecular weight is 364 g/mol. The van der Waals surface area contributed by atoms with Gasteiger partial charge in [0.25, 0.3) is 0 Å². The molecule has 1 saturated heterocycles. The number of alkyl halides is 3. The number of halogens is 3. The number of amides is 1. The lowest BCUT2D eigenvalue weighted by Gasteiger charge is -2.35. The second kappa shape index (κ2) is 7.23. The molecular weight excluding hydrogens is 345 g/mol. The molecule has 0 aliphatic carbocycles. The van der Waals surface area contributed by atoms with Crippen LogP contribution in [0.25, 0.3) is 6.08 Å². The zero-order valence-corrected chi connectivity index (χ0v) is 14.3. The highest BCUT2D eigenvalue weighted by Crippen LogP contribution is 2.31. The molecule has 2 aromatic rings. The van der Waals surface area contributed by atoms with E-state index in [1.54, 1.807) is 41.2 Å². The third-order valence-corrected chi connectivity index (χ3v) is 4.27. The Kier molecular flexibility index (Phi) is 5.01. The first-order valence-corrected chi connectivity index (χ1v) is 8.21. The molecule has 8 heteroatoms. The van der Waals surface area contributed by atoms with Crippen LogP contribution in [0.3, 0.4) is 0 Å². The van der Waals surface area contributed by atoms with E-state index in [1.165, 1.54) is 12.1 Å². The monoisotopic (exact) mass is 364 g/mol. The van der Waals surface area contributed by atoms with Gasteiger partial charge in [-0.25, -0.2) is 0 Å². The van der Waals surface area contributed by atoms with Crippen LogP contribution in [-0.4, -0.2) is 46.8 Å². The standard InChI is InChI=1S/C18H19F3N4O/c1-23-13-14(12-22-23)5-6-17(26)25-9-7-24(8-10-25)16-4-2-3-15(11-16)18(19,20)21/h2-6,11-13H,7-10H2,1H3/b6-5-. The maximum atomic E-state index is 12.8. The summed E-state index contributed by atoms with van der Waals surface area (Å²) in [6, 6.07) is 5.29. The lowest BCUT2D eigenvalue weighted by molar-refractivity contribution is -0.137. The molecular formula is C18H19F3N4O. The summed E-state index contributed by atoms with van der Waals surface area (Å²) in [6.45, 7) is 1.92. The first kappa shape index (κ1) is 18.0. The predicted octanol–water partition coefficient (Wildman–Crippen LogP) is 2.80. The average Bonchev–Trinajstić information content (AvgIpc) is 3.04. The first-order valence-electron chi connectivity index (χ1n) is 8.21. The smallest absolute Gasteiger partial charge is 0.368 e. The van der Waals surface area contributed by atoms with Gasteiger partial charge in [0.05, 0.1) is 11.8 Å². The summed E-state index contributed by atoms with van der Waals surface area (Å²) in [7, 11) is 1.80. The minimum atomic E-state index is -4.36. The van der Waals surface area contributed by atoms with Crippen LogP contribution in [0.4, 0.5) is 18.9 Å². The summed E-state index contributed by atoms with van der Waals surface area (Å²) in [5, 5.41) is 4.03. The van der Waals surface area contributed by atoms with Crippen molar-refractivity contribution in [3.63, 3.8) is 0 Å². The van der Waals surface area contributed by atoms with E-state index < -0.39 is 11.7 Å². The minimum Gasteiger partial charge on any atom is -0.368 e. The van der Waals surface area contributed by atoms with E-state index in [9.17, 15) is 18.0 Å². The molecule has 1 aromatic heterocycles. The van der Waals surface area contributed by atoms with Crippen LogP contribution in [0.1, 0.15) is 11.1 Å². The zero-order valence-electron chi connectivity index (χ0n) is 14.3. The summed E-state index contributed by atoms with van der Waals surface area (Å²) >= 11 is 0. The second-order valence-corrected chi connectivity index (χ2v) is 6.14. The van der Waals surface area contributed by atoms with Gasteiger partial charge in [-0.2, -0.15) is 18.3 Å². The SMILES string of the molecule is Cn1cc(/C=C\C(=O)N2CCN(c3cccc(C(F)(F)F)c3)CC2)cn1. The van der Waals surface area contributed by atoms with Crippen molar-refractivity contribution in [2.24, 2.45) is 7.05 Å². The zero-order chi connectivity index (χ0) is 18.7. The van der Waals surface area contributed by atoms with E-state index in [-0.39, 0.29) is 5.91 Å². The number of aryl methyl sites for hydroxylation is 1. The van der Waals surface area contributed by atoms with Crippen LogP contribution < -0.4 is 4.90 Å². The molecule has 1 fully saturated rings. The van der Waals surface area contributed by atoms with Crippen LogP contribution in [0, 0.1) is 0 Å². The lowest BCUT2D eigenvalue weighted by atomic mass is 10.1. The number of nitrogens with zero attached hydrogens (tertiary/aromatic N) is 4. The molecule has 2 heterocycles. The Hall–Kier alpha value is -2.77. The molecule has 138 valence electrons. The normalized spacial score (nSPS) is 15.7. The van der Waals surface area contributed by atoms with E-state index in [4.69, 9.17) is 0 Å². The molecule has 0 unspecified atom stereocenters. The quantitative estimate of drug-likeness (QED) is 0.787. The van der Waals surface area contributed by atoms with Gasteiger partial charge in [-0.1, -0.05) is 6.07 Å². The van der Waals surface area contributed by atoms with Gasteiger partial charge in [-0.3, -0.25) is 9.48 Å². The highest BCUT2D eigenvalue weighted by molar-refractivity contribution is 5.91. The third kappa shape index (κ3) is 4.25. The van der Waals surface area contributed by atoms with E-state index in [0.717, 1.165) is 17.7 Å². The van der Waals surface area contributed by atoms with Crippen molar-refractivity contribution in [2.75, 3.05) is 31.1 Å². The molecule has 0 spiro atoms. The number of carbonyl (C=O) groups is 1. The van der Waals surface area contributed by atoms with Gasteiger partial charge >= 0.3 is 6.18 Å². The highest BCUT2D eigenvalue weighted by atomic mass is 19.4. The molecule has 1 amide bonds. The molecule has 0 bridgehead atoms. The number of rotatable bonds is 3. The Bertz CT molecular complexity index is 805. The van der Waals surface area contributed by atoms with Crippen molar-refractivity contribution in [3.05, 3.63) is 53.9 Å². The Balaban J connectivity index is 1.59. The van der Waals surface area contributed by atoms with Crippen molar-refractivity contribution in [1.82, 2.24) is 14.7 Å². The van der Waals surface area contributed by atoms with Gasteiger partial charge in [0.2, 0.25) is 5.91 Å². The predicted molar refractivity (Wildman–Crippen MR) is 92.5 cm³/mol.